The Morgan fingerprint density at radius 1 is 1.22 bits per heavy atom. The van der Waals surface area contributed by atoms with Crippen LogP contribution in [-0.4, -0.2) is 17.4 Å². The van der Waals surface area contributed by atoms with Crippen LogP contribution in [0.1, 0.15) is 31.1 Å². The third-order valence-corrected chi connectivity index (χ3v) is 4.15. The largest absolute Gasteiger partial charge is 0.325 e. The zero-order valence-corrected chi connectivity index (χ0v) is 15.2. The first-order chi connectivity index (χ1) is 11.0. The van der Waals surface area contributed by atoms with Crippen LogP contribution in [0, 0.1) is 12.8 Å². The third kappa shape index (κ3) is 5.15. The summed E-state index contributed by atoms with van der Waals surface area (Å²) in [6.45, 7) is 6.53. The zero-order chi connectivity index (χ0) is 16.8. The van der Waals surface area contributed by atoms with Crippen LogP contribution in [0.5, 0.6) is 0 Å². The van der Waals surface area contributed by atoms with E-state index in [1.165, 1.54) is 0 Å². The molecule has 1 amide bonds. The number of hydrogen-bond acceptors (Lipinski definition) is 3. The molecule has 0 aliphatic carbocycles. The summed E-state index contributed by atoms with van der Waals surface area (Å²) in [6, 6.07) is 11.5. The summed E-state index contributed by atoms with van der Waals surface area (Å²) in [4.78, 5) is 16.6. The Labute approximate surface area is 145 Å². The lowest BCUT2D eigenvalue weighted by molar-refractivity contribution is -0.115. The molecule has 1 aromatic carbocycles. The Balaban J connectivity index is 1.97. The number of amides is 1. The van der Waals surface area contributed by atoms with Gasteiger partial charge in [-0.1, -0.05) is 35.8 Å². The van der Waals surface area contributed by atoms with Crippen molar-refractivity contribution >= 4 is 27.5 Å². The fourth-order valence-electron chi connectivity index (χ4n) is 2.41. The Morgan fingerprint density at radius 2 is 1.91 bits per heavy atom. The van der Waals surface area contributed by atoms with Crippen molar-refractivity contribution in [2.75, 3.05) is 11.9 Å². The van der Waals surface area contributed by atoms with Crippen molar-refractivity contribution in [2.45, 2.75) is 26.8 Å². The number of rotatable bonds is 6. The molecule has 0 bridgehead atoms. The van der Waals surface area contributed by atoms with Gasteiger partial charge in [0, 0.05) is 16.4 Å². The molecular formula is C18H22BrN3O. The average molecular weight is 376 g/mol. The van der Waals surface area contributed by atoms with Crippen molar-refractivity contribution in [2.24, 2.45) is 5.92 Å². The van der Waals surface area contributed by atoms with Gasteiger partial charge in [-0.15, -0.1) is 0 Å². The molecule has 5 heteroatoms. The van der Waals surface area contributed by atoms with Crippen LogP contribution >= 0.6 is 15.9 Å². The van der Waals surface area contributed by atoms with E-state index in [1.807, 2.05) is 43.3 Å². The first-order valence-electron chi connectivity index (χ1n) is 7.67. The van der Waals surface area contributed by atoms with Crippen LogP contribution in [0.2, 0.25) is 0 Å². The monoisotopic (exact) mass is 375 g/mol. The van der Waals surface area contributed by atoms with E-state index in [9.17, 15) is 4.79 Å². The number of aryl methyl sites for hydroxylation is 1. The van der Waals surface area contributed by atoms with E-state index >= 15 is 0 Å². The molecular weight excluding hydrogens is 354 g/mol. The molecule has 2 rings (SSSR count). The summed E-state index contributed by atoms with van der Waals surface area (Å²) < 4.78 is 0.985. The topological polar surface area (TPSA) is 54.0 Å². The van der Waals surface area contributed by atoms with Crippen LogP contribution in [0.3, 0.4) is 0 Å². The second-order valence-corrected chi connectivity index (χ2v) is 6.78. The van der Waals surface area contributed by atoms with Crippen molar-refractivity contribution in [1.82, 2.24) is 10.3 Å². The Hall–Kier alpha value is -1.72. The number of pyridine rings is 1. The second-order valence-electron chi connectivity index (χ2n) is 5.86. The molecule has 0 aliphatic rings. The number of nitrogens with zero attached hydrogens (tertiary/aromatic N) is 1. The van der Waals surface area contributed by atoms with E-state index in [4.69, 9.17) is 0 Å². The number of halogens is 1. The summed E-state index contributed by atoms with van der Waals surface area (Å²) in [5, 5.41) is 6.21. The average Bonchev–Trinajstić information content (AvgIpc) is 2.51. The lowest BCUT2D eigenvalue weighted by atomic mass is 9.97. The van der Waals surface area contributed by atoms with Crippen LogP contribution in [0.25, 0.3) is 0 Å². The number of carbonyl (C=O) groups excluding carboxylic acids is 1. The molecule has 0 aliphatic heterocycles. The standard InChI is InChI=1S/C18H22BrN3O/c1-12(2)17(18-13(3)5-4-10-20-18)21-11-16(23)22-15-8-6-14(19)7-9-15/h4-10,12,17,21H,11H2,1-3H3,(H,22,23). The van der Waals surface area contributed by atoms with Gasteiger partial charge in [-0.2, -0.15) is 0 Å². The van der Waals surface area contributed by atoms with Crippen molar-refractivity contribution in [3.63, 3.8) is 0 Å². The van der Waals surface area contributed by atoms with Crippen molar-refractivity contribution in [1.29, 1.82) is 0 Å². The third-order valence-electron chi connectivity index (χ3n) is 3.62. The predicted molar refractivity (Wildman–Crippen MR) is 97.3 cm³/mol. The zero-order valence-electron chi connectivity index (χ0n) is 13.6. The van der Waals surface area contributed by atoms with Crippen LogP contribution in [-0.2, 0) is 4.79 Å². The van der Waals surface area contributed by atoms with Crippen molar-refractivity contribution in [3.8, 4) is 0 Å². The SMILES string of the molecule is Cc1cccnc1C(NCC(=O)Nc1ccc(Br)cc1)C(C)C. The normalized spacial score (nSPS) is 12.2. The van der Waals surface area contributed by atoms with Gasteiger partial charge in [-0.3, -0.25) is 15.1 Å². The molecule has 4 nitrogen and oxygen atoms in total. The molecule has 0 fully saturated rings. The highest BCUT2D eigenvalue weighted by atomic mass is 79.9. The number of anilines is 1. The quantitative estimate of drug-likeness (QED) is 0.799. The van der Waals surface area contributed by atoms with Gasteiger partial charge in [-0.05, 0) is 48.7 Å². The predicted octanol–water partition coefficient (Wildman–Crippen LogP) is 4.08. The molecule has 23 heavy (non-hydrogen) atoms. The fraction of sp³-hybridized carbons (Fsp3) is 0.333. The van der Waals surface area contributed by atoms with Gasteiger partial charge >= 0.3 is 0 Å². The minimum atomic E-state index is -0.0634. The van der Waals surface area contributed by atoms with Crippen molar-refractivity contribution in [3.05, 3.63) is 58.3 Å². The second kappa shape index (κ2) is 8.22. The molecule has 122 valence electrons. The highest BCUT2D eigenvalue weighted by Crippen LogP contribution is 2.22. The number of carbonyl (C=O) groups is 1. The number of benzene rings is 1. The van der Waals surface area contributed by atoms with Gasteiger partial charge < -0.3 is 5.32 Å². The van der Waals surface area contributed by atoms with Gasteiger partial charge in [0.05, 0.1) is 18.3 Å². The molecule has 1 heterocycles. The molecule has 2 N–H and O–H groups in total. The summed E-state index contributed by atoms with van der Waals surface area (Å²) in [6.07, 6.45) is 1.79. The van der Waals surface area contributed by atoms with Crippen LogP contribution < -0.4 is 10.6 Å². The fourth-order valence-corrected chi connectivity index (χ4v) is 2.68. The van der Waals surface area contributed by atoms with Gasteiger partial charge in [0.15, 0.2) is 0 Å². The first kappa shape index (κ1) is 17.6. The molecule has 0 saturated heterocycles. The Bertz CT molecular complexity index is 656. The highest BCUT2D eigenvalue weighted by Gasteiger charge is 2.19. The minimum Gasteiger partial charge on any atom is -0.325 e. The summed E-state index contributed by atoms with van der Waals surface area (Å²) in [7, 11) is 0. The maximum atomic E-state index is 12.1. The molecule has 0 spiro atoms. The van der Waals surface area contributed by atoms with Crippen molar-refractivity contribution < 1.29 is 4.79 Å². The van der Waals surface area contributed by atoms with E-state index in [1.54, 1.807) is 6.20 Å². The van der Waals surface area contributed by atoms with E-state index in [0.717, 1.165) is 21.4 Å². The van der Waals surface area contributed by atoms with E-state index in [2.05, 4.69) is 45.4 Å². The maximum absolute atomic E-state index is 12.1. The summed E-state index contributed by atoms with van der Waals surface area (Å²) in [5.41, 5.74) is 2.92. The van der Waals surface area contributed by atoms with E-state index < -0.39 is 0 Å². The number of aromatic nitrogens is 1. The molecule has 0 saturated carbocycles. The minimum absolute atomic E-state index is 0.0480. The summed E-state index contributed by atoms with van der Waals surface area (Å²) >= 11 is 3.38. The molecule has 0 radical (unpaired) electrons. The highest BCUT2D eigenvalue weighted by molar-refractivity contribution is 9.10. The smallest absolute Gasteiger partial charge is 0.238 e. The molecule has 1 unspecified atom stereocenters. The lowest BCUT2D eigenvalue weighted by Crippen LogP contribution is -2.34. The van der Waals surface area contributed by atoms with Crippen LogP contribution in [0.15, 0.2) is 47.1 Å². The van der Waals surface area contributed by atoms with E-state index in [-0.39, 0.29) is 18.5 Å². The molecule has 2 aromatic rings. The number of hydrogen-bond donors (Lipinski definition) is 2. The summed E-state index contributed by atoms with van der Waals surface area (Å²) in [5.74, 6) is 0.274. The molecule has 1 atom stereocenters. The van der Waals surface area contributed by atoms with Crippen LogP contribution in [0.4, 0.5) is 5.69 Å². The Kier molecular flexibility index (Phi) is 6.30. The Morgan fingerprint density at radius 3 is 2.52 bits per heavy atom. The maximum Gasteiger partial charge on any atom is 0.238 e. The first-order valence-corrected chi connectivity index (χ1v) is 8.47. The van der Waals surface area contributed by atoms with Gasteiger partial charge in [-0.25, -0.2) is 0 Å². The van der Waals surface area contributed by atoms with Gasteiger partial charge in [0.25, 0.3) is 0 Å². The molecule has 1 aromatic heterocycles. The van der Waals surface area contributed by atoms with Gasteiger partial charge in [0.2, 0.25) is 5.91 Å². The van der Waals surface area contributed by atoms with Gasteiger partial charge in [0.1, 0.15) is 0 Å². The number of nitrogens with one attached hydrogen (secondary N) is 2. The lowest BCUT2D eigenvalue weighted by Gasteiger charge is -2.23. The van der Waals surface area contributed by atoms with E-state index in [0.29, 0.717) is 5.92 Å².